The number of esters is 3. The zero-order valence-corrected chi connectivity index (χ0v) is 18.6. The largest absolute Gasteiger partial charge is 0.462 e. The van der Waals surface area contributed by atoms with Crippen molar-refractivity contribution < 1.29 is 42.8 Å². The molecule has 0 aromatic rings. The van der Waals surface area contributed by atoms with E-state index in [9.17, 15) is 14.4 Å². The molecule has 2 aliphatic heterocycles. The highest BCUT2D eigenvalue weighted by Gasteiger charge is 2.65. The lowest BCUT2D eigenvalue weighted by molar-refractivity contribution is -0.259. The van der Waals surface area contributed by atoms with Crippen LogP contribution < -0.4 is 0 Å². The molecular formula is C21H34O9. The first-order chi connectivity index (χ1) is 14.2. The summed E-state index contributed by atoms with van der Waals surface area (Å²) >= 11 is 0. The van der Waals surface area contributed by atoms with Crippen molar-refractivity contribution in [1.29, 1.82) is 0 Å². The van der Waals surface area contributed by atoms with E-state index in [4.69, 9.17) is 28.4 Å². The van der Waals surface area contributed by atoms with Crippen LogP contribution >= 0.6 is 0 Å². The van der Waals surface area contributed by atoms with Crippen LogP contribution in [0.4, 0.5) is 0 Å². The molecule has 2 fully saturated rings. The minimum Gasteiger partial charge on any atom is -0.462 e. The fourth-order valence-corrected chi connectivity index (χ4v) is 3.46. The van der Waals surface area contributed by atoms with E-state index < -0.39 is 47.8 Å². The number of fused-ring (bicyclic) bond motifs is 1. The van der Waals surface area contributed by atoms with E-state index in [-0.39, 0.29) is 32.5 Å². The van der Waals surface area contributed by atoms with Crippen LogP contribution in [0.25, 0.3) is 0 Å². The van der Waals surface area contributed by atoms with Gasteiger partial charge in [0.25, 0.3) is 0 Å². The minimum absolute atomic E-state index is 0.208. The van der Waals surface area contributed by atoms with Gasteiger partial charge in [0.1, 0.15) is 13.2 Å². The summed E-state index contributed by atoms with van der Waals surface area (Å²) in [6, 6.07) is 0. The van der Waals surface area contributed by atoms with Crippen LogP contribution in [0, 0.1) is 0 Å². The molecule has 2 saturated heterocycles. The second-order valence-electron chi connectivity index (χ2n) is 8.13. The molecule has 0 N–H and O–H groups in total. The summed E-state index contributed by atoms with van der Waals surface area (Å²) in [7, 11) is 0. The van der Waals surface area contributed by atoms with Crippen LogP contribution in [0.2, 0.25) is 0 Å². The van der Waals surface area contributed by atoms with Crippen molar-refractivity contribution in [2.24, 2.45) is 0 Å². The summed E-state index contributed by atoms with van der Waals surface area (Å²) in [5.74, 6) is -2.21. The van der Waals surface area contributed by atoms with E-state index in [2.05, 4.69) is 0 Å². The van der Waals surface area contributed by atoms with E-state index in [0.717, 1.165) is 0 Å². The van der Waals surface area contributed by atoms with Crippen LogP contribution in [-0.4, -0.2) is 61.0 Å². The van der Waals surface area contributed by atoms with Crippen molar-refractivity contribution in [2.75, 3.05) is 13.2 Å². The third kappa shape index (κ3) is 6.15. The van der Waals surface area contributed by atoms with Crippen molar-refractivity contribution >= 4 is 17.9 Å². The van der Waals surface area contributed by atoms with Crippen LogP contribution in [0.15, 0.2) is 0 Å². The summed E-state index contributed by atoms with van der Waals surface area (Å²) < 4.78 is 34.3. The Bertz CT molecular complexity index is 594. The van der Waals surface area contributed by atoms with Gasteiger partial charge in [0.05, 0.1) is 0 Å². The smallest absolute Gasteiger partial charge is 0.306 e. The van der Waals surface area contributed by atoms with Crippen molar-refractivity contribution in [3.8, 4) is 0 Å². The Balaban J connectivity index is 2.27. The molecule has 0 unspecified atom stereocenters. The van der Waals surface area contributed by atoms with Gasteiger partial charge in [-0.3, -0.25) is 14.4 Å². The van der Waals surface area contributed by atoms with Gasteiger partial charge in [0.15, 0.2) is 29.9 Å². The molecule has 9 heteroatoms. The van der Waals surface area contributed by atoms with Gasteiger partial charge in [-0.2, -0.15) is 0 Å². The molecule has 0 amide bonds. The van der Waals surface area contributed by atoms with Gasteiger partial charge in [-0.25, -0.2) is 0 Å². The number of rotatable bonds is 11. The summed E-state index contributed by atoms with van der Waals surface area (Å²) in [5.41, 5.74) is -1.41. The zero-order chi connectivity index (χ0) is 22.4. The van der Waals surface area contributed by atoms with E-state index in [1.807, 2.05) is 20.8 Å². The number of hydrogen-bond donors (Lipinski definition) is 0. The molecule has 0 radical (unpaired) electrons. The first-order valence-electron chi connectivity index (χ1n) is 10.7. The highest BCUT2D eigenvalue weighted by atomic mass is 16.9. The molecule has 172 valence electrons. The van der Waals surface area contributed by atoms with Gasteiger partial charge in [-0.15, -0.1) is 0 Å². The van der Waals surface area contributed by atoms with Gasteiger partial charge in [0, 0.05) is 19.3 Å². The Morgan fingerprint density at radius 2 is 1.27 bits per heavy atom. The quantitative estimate of drug-likeness (QED) is 0.361. The average Bonchev–Trinajstić information content (AvgIpc) is 3.09. The maximum atomic E-state index is 12.3. The van der Waals surface area contributed by atoms with E-state index in [0.29, 0.717) is 19.3 Å². The lowest BCUT2D eigenvalue weighted by Crippen LogP contribution is -2.54. The zero-order valence-electron chi connectivity index (χ0n) is 18.6. The number of hydrogen-bond acceptors (Lipinski definition) is 9. The van der Waals surface area contributed by atoms with Crippen LogP contribution in [0.3, 0.4) is 0 Å². The predicted molar refractivity (Wildman–Crippen MR) is 104 cm³/mol. The topological polar surface area (TPSA) is 107 Å². The number of carbonyl (C=O) groups is 3. The van der Waals surface area contributed by atoms with Crippen LogP contribution in [-0.2, 0) is 42.8 Å². The standard InChI is InChI=1S/C21H34O9/c1-6-9-14(22)25-12-21(13-26-15(23)10-7-2)18(27-16(24)11-8-3)17-19(30-21)29-20(4,5)28-17/h17-19H,6-13H2,1-5H3/t17-,18+,19+/m1/s1. The van der Waals surface area contributed by atoms with Gasteiger partial charge in [-0.05, 0) is 33.1 Å². The highest BCUT2D eigenvalue weighted by Crippen LogP contribution is 2.44. The first-order valence-corrected chi connectivity index (χ1v) is 10.7. The maximum Gasteiger partial charge on any atom is 0.306 e. The van der Waals surface area contributed by atoms with Crippen molar-refractivity contribution in [1.82, 2.24) is 0 Å². The number of ether oxygens (including phenoxy) is 6. The molecule has 9 nitrogen and oxygen atoms in total. The van der Waals surface area contributed by atoms with Gasteiger partial charge >= 0.3 is 17.9 Å². The molecule has 0 saturated carbocycles. The van der Waals surface area contributed by atoms with Crippen molar-refractivity contribution in [3.63, 3.8) is 0 Å². The van der Waals surface area contributed by atoms with E-state index >= 15 is 0 Å². The third-order valence-corrected chi connectivity index (χ3v) is 4.83. The summed E-state index contributed by atoms with van der Waals surface area (Å²) in [6.45, 7) is 8.52. The molecule has 30 heavy (non-hydrogen) atoms. The molecule has 0 spiro atoms. The normalized spacial score (nSPS) is 26.1. The van der Waals surface area contributed by atoms with E-state index in [1.54, 1.807) is 13.8 Å². The molecular weight excluding hydrogens is 396 g/mol. The van der Waals surface area contributed by atoms with Gasteiger partial charge < -0.3 is 28.4 Å². The maximum absolute atomic E-state index is 12.3. The Kier molecular flexibility index (Phi) is 8.63. The Hall–Kier alpha value is -1.71. The fourth-order valence-electron chi connectivity index (χ4n) is 3.46. The molecule has 0 aliphatic carbocycles. The summed E-state index contributed by atoms with van der Waals surface area (Å²) in [6.07, 6.45) is -0.0286. The Labute approximate surface area is 177 Å². The minimum atomic E-state index is -1.41. The third-order valence-electron chi connectivity index (χ3n) is 4.83. The summed E-state index contributed by atoms with van der Waals surface area (Å²) in [5, 5.41) is 0. The van der Waals surface area contributed by atoms with Gasteiger partial charge in [-0.1, -0.05) is 20.8 Å². The Morgan fingerprint density at radius 1 is 0.767 bits per heavy atom. The van der Waals surface area contributed by atoms with Crippen molar-refractivity contribution in [2.45, 2.75) is 103 Å². The lowest BCUT2D eigenvalue weighted by atomic mass is 9.96. The predicted octanol–water partition coefficient (Wildman–Crippen LogP) is 2.63. The molecule has 2 aliphatic rings. The molecule has 0 bridgehead atoms. The first kappa shape index (κ1) is 24.6. The molecule has 0 aromatic carbocycles. The second-order valence-corrected chi connectivity index (χ2v) is 8.13. The molecule has 0 aromatic heterocycles. The number of carbonyl (C=O) groups excluding carboxylic acids is 3. The second kappa shape index (κ2) is 10.5. The molecule has 2 heterocycles. The fraction of sp³-hybridized carbons (Fsp3) is 0.857. The lowest BCUT2D eigenvalue weighted by Gasteiger charge is -2.35. The highest BCUT2D eigenvalue weighted by molar-refractivity contribution is 5.71. The summed E-state index contributed by atoms with van der Waals surface area (Å²) in [4.78, 5) is 36.3. The Morgan fingerprint density at radius 3 is 1.77 bits per heavy atom. The average molecular weight is 430 g/mol. The van der Waals surface area contributed by atoms with Crippen LogP contribution in [0.5, 0.6) is 0 Å². The van der Waals surface area contributed by atoms with E-state index in [1.165, 1.54) is 0 Å². The van der Waals surface area contributed by atoms with Crippen molar-refractivity contribution in [3.05, 3.63) is 0 Å². The van der Waals surface area contributed by atoms with Gasteiger partial charge in [0.2, 0.25) is 0 Å². The molecule has 3 atom stereocenters. The monoisotopic (exact) mass is 430 g/mol. The SMILES string of the molecule is CCCC(=O)OCC1(COC(=O)CCC)O[C@@H]2OC(C)(C)O[C@@H]2[C@@H]1OC(=O)CCC. The van der Waals surface area contributed by atoms with Crippen LogP contribution in [0.1, 0.15) is 73.1 Å². The molecule has 2 rings (SSSR count).